The first kappa shape index (κ1) is 22.5. The van der Waals surface area contributed by atoms with E-state index in [1.165, 1.54) is 62.9 Å². The van der Waals surface area contributed by atoms with Crippen LogP contribution in [0, 0.1) is 0 Å². The summed E-state index contributed by atoms with van der Waals surface area (Å²) in [4.78, 5) is 0. The third-order valence-corrected chi connectivity index (χ3v) is 4.97. The van der Waals surface area contributed by atoms with Crippen LogP contribution in [0.25, 0.3) is 0 Å². The fourth-order valence-electron chi connectivity index (χ4n) is 1.66. The molecule has 0 rings (SSSR count). The number of rotatable bonds is 12. The maximum atomic E-state index is 9.68. The van der Waals surface area contributed by atoms with E-state index in [0.29, 0.717) is 6.42 Å². The number of thiol groups is 1. The monoisotopic (exact) mass is 326 g/mol. The van der Waals surface area contributed by atoms with Gasteiger partial charge in [-0.2, -0.15) is 0 Å². The normalized spacial score (nSPS) is 11.0. The van der Waals surface area contributed by atoms with E-state index in [-0.39, 0.29) is 5.75 Å². The Kier molecular flexibility index (Phi) is 19.5. The van der Waals surface area contributed by atoms with Crippen molar-refractivity contribution in [1.29, 1.82) is 0 Å². The van der Waals surface area contributed by atoms with E-state index < -0.39 is 10.1 Å². The molecule has 0 heterocycles. The van der Waals surface area contributed by atoms with E-state index in [2.05, 4.69) is 13.8 Å². The van der Waals surface area contributed by atoms with Gasteiger partial charge < -0.3 is 4.55 Å². The van der Waals surface area contributed by atoms with E-state index in [1.807, 2.05) is 0 Å². The molecule has 0 aromatic heterocycles. The van der Waals surface area contributed by atoms with Gasteiger partial charge in [-0.05, 0) is 43.9 Å². The highest BCUT2D eigenvalue weighted by Gasteiger charge is 1.97. The first-order chi connectivity index (χ1) is 9.47. The molecule has 0 saturated heterocycles. The SMILES string of the molecule is CCCCCC[SH+]CCCCCC.CCCS(=O)(=O)[O-]. The zero-order valence-corrected chi connectivity index (χ0v) is 15.3. The summed E-state index contributed by atoms with van der Waals surface area (Å²) in [5.74, 6) is 2.66. The van der Waals surface area contributed by atoms with Gasteiger partial charge in [0.1, 0.15) is 11.5 Å². The summed E-state index contributed by atoms with van der Waals surface area (Å²) >= 11 is 1.70. The van der Waals surface area contributed by atoms with Gasteiger partial charge in [0.2, 0.25) is 0 Å². The van der Waals surface area contributed by atoms with Crippen molar-refractivity contribution in [3.8, 4) is 0 Å². The third-order valence-electron chi connectivity index (χ3n) is 2.79. The zero-order valence-electron chi connectivity index (χ0n) is 13.6. The van der Waals surface area contributed by atoms with Gasteiger partial charge in [0.15, 0.2) is 0 Å². The Morgan fingerprint density at radius 1 is 0.750 bits per heavy atom. The predicted molar refractivity (Wildman–Crippen MR) is 91.6 cm³/mol. The third kappa shape index (κ3) is 26.8. The topological polar surface area (TPSA) is 57.2 Å². The van der Waals surface area contributed by atoms with Crippen LogP contribution in [-0.4, -0.2) is 30.2 Å². The van der Waals surface area contributed by atoms with Crippen molar-refractivity contribution in [2.45, 2.75) is 78.6 Å². The average molecular weight is 327 g/mol. The van der Waals surface area contributed by atoms with Crippen LogP contribution in [0.3, 0.4) is 0 Å². The largest absolute Gasteiger partial charge is 0.748 e. The van der Waals surface area contributed by atoms with Crippen LogP contribution in [0.2, 0.25) is 0 Å². The lowest BCUT2D eigenvalue weighted by Crippen LogP contribution is -2.01. The Balaban J connectivity index is 0. The Hall–Kier alpha value is 0.260. The summed E-state index contributed by atoms with van der Waals surface area (Å²) in [5, 5.41) is 0. The van der Waals surface area contributed by atoms with E-state index in [9.17, 15) is 13.0 Å². The summed E-state index contributed by atoms with van der Waals surface area (Å²) in [5.41, 5.74) is 0. The summed E-state index contributed by atoms with van der Waals surface area (Å²) in [6, 6.07) is 0. The smallest absolute Gasteiger partial charge is 0.105 e. The molecule has 3 nitrogen and oxygen atoms in total. The first-order valence-electron chi connectivity index (χ1n) is 8.04. The predicted octanol–water partition coefficient (Wildman–Crippen LogP) is 3.90. The standard InChI is InChI=1S/C12H26S.C3H8O3S/c1-3-5-7-9-11-13-12-10-8-6-4-2;1-2-3-7(4,5)6/h3-12H2,1-2H3;2-3H2,1H3,(H,4,5,6). The van der Waals surface area contributed by atoms with Crippen molar-refractivity contribution in [2.75, 3.05) is 17.3 Å². The van der Waals surface area contributed by atoms with Crippen LogP contribution in [0.5, 0.6) is 0 Å². The molecule has 5 heteroatoms. The second-order valence-corrected chi connectivity index (χ2v) is 7.92. The first-order valence-corrected chi connectivity index (χ1v) is 10.9. The van der Waals surface area contributed by atoms with Crippen molar-refractivity contribution < 1.29 is 13.0 Å². The van der Waals surface area contributed by atoms with Gasteiger partial charge in [-0.25, -0.2) is 8.42 Å². The lowest BCUT2D eigenvalue weighted by Gasteiger charge is -2.00. The molecule has 0 amide bonds. The molecular weight excluding hydrogens is 292 g/mol. The van der Waals surface area contributed by atoms with Crippen molar-refractivity contribution in [2.24, 2.45) is 0 Å². The molecule has 20 heavy (non-hydrogen) atoms. The zero-order chi connectivity index (χ0) is 15.7. The van der Waals surface area contributed by atoms with Gasteiger partial charge in [-0.15, -0.1) is 0 Å². The minimum Gasteiger partial charge on any atom is -0.748 e. The van der Waals surface area contributed by atoms with E-state index in [1.54, 1.807) is 18.7 Å². The fraction of sp³-hybridized carbons (Fsp3) is 1.00. The van der Waals surface area contributed by atoms with E-state index in [0.717, 1.165) is 0 Å². The van der Waals surface area contributed by atoms with Gasteiger partial charge in [-0.3, -0.25) is 0 Å². The van der Waals surface area contributed by atoms with E-state index >= 15 is 0 Å². The maximum Gasteiger partial charge on any atom is 0.105 e. The molecule has 0 aliphatic heterocycles. The molecular formula is C15H34O3S2. The van der Waals surface area contributed by atoms with E-state index in [4.69, 9.17) is 0 Å². The van der Waals surface area contributed by atoms with Crippen molar-refractivity contribution >= 4 is 21.9 Å². The summed E-state index contributed by atoms with van der Waals surface area (Å²) in [6.07, 6.45) is 11.9. The maximum absolute atomic E-state index is 9.68. The second-order valence-electron chi connectivity index (χ2n) is 5.05. The Morgan fingerprint density at radius 3 is 1.45 bits per heavy atom. The highest BCUT2D eigenvalue weighted by molar-refractivity contribution is 7.85. The molecule has 0 aliphatic rings. The minimum absolute atomic E-state index is 0.243. The summed E-state index contributed by atoms with van der Waals surface area (Å²) in [6.45, 7) is 6.21. The lowest BCUT2D eigenvalue weighted by molar-refractivity contribution is 0.462. The molecule has 0 bridgehead atoms. The molecule has 0 aromatic carbocycles. The Morgan fingerprint density at radius 2 is 1.20 bits per heavy atom. The van der Waals surface area contributed by atoms with Crippen LogP contribution in [-0.2, 0) is 21.9 Å². The van der Waals surface area contributed by atoms with Crippen LogP contribution in [0.4, 0.5) is 0 Å². The average Bonchev–Trinajstić information content (AvgIpc) is 2.36. The van der Waals surface area contributed by atoms with Gasteiger partial charge in [-0.1, -0.05) is 46.5 Å². The molecule has 0 spiro atoms. The molecule has 0 unspecified atom stereocenters. The highest BCUT2D eigenvalue weighted by atomic mass is 32.2. The Labute approximate surface area is 131 Å². The highest BCUT2D eigenvalue weighted by Crippen LogP contribution is 2.02. The fourth-order valence-corrected chi connectivity index (χ4v) is 3.28. The van der Waals surface area contributed by atoms with Crippen LogP contribution >= 0.6 is 0 Å². The molecule has 0 atom stereocenters. The number of hydrogen-bond acceptors (Lipinski definition) is 3. The van der Waals surface area contributed by atoms with Crippen molar-refractivity contribution in [1.82, 2.24) is 0 Å². The molecule has 0 N–H and O–H groups in total. The molecule has 124 valence electrons. The van der Waals surface area contributed by atoms with Gasteiger partial charge in [0, 0.05) is 5.75 Å². The Bertz CT molecular complexity index is 254. The molecule has 0 aromatic rings. The lowest BCUT2D eigenvalue weighted by atomic mass is 10.2. The van der Waals surface area contributed by atoms with Crippen LogP contribution in [0.1, 0.15) is 78.6 Å². The van der Waals surface area contributed by atoms with Crippen LogP contribution < -0.4 is 0 Å². The van der Waals surface area contributed by atoms with Crippen molar-refractivity contribution in [3.05, 3.63) is 0 Å². The number of hydrogen-bond donors (Lipinski definition) is 0. The molecule has 0 fully saturated rings. The second kappa shape index (κ2) is 17.3. The minimum atomic E-state index is -3.92. The molecule has 0 radical (unpaired) electrons. The van der Waals surface area contributed by atoms with Crippen molar-refractivity contribution in [3.63, 3.8) is 0 Å². The number of unbranched alkanes of at least 4 members (excludes halogenated alkanes) is 6. The molecule has 0 aliphatic carbocycles. The molecule has 0 saturated carbocycles. The summed E-state index contributed by atoms with van der Waals surface area (Å²) < 4.78 is 29.0. The van der Waals surface area contributed by atoms with Gasteiger partial charge in [0.25, 0.3) is 0 Å². The quantitative estimate of drug-likeness (QED) is 0.236. The van der Waals surface area contributed by atoms with Gasteiger partial charge >= 0.3 is 0 Å². The van der Waals surface area contributed by atoms with Gasteiger partial charge in [0.05, 0.1) is 10.1 Å². The summed E-state index contributed by atoms with van der Waals surface area (Å²) in [7, 11) is -3.92. The van der Waals surface area contributed by atoms with Crippen LogP contribution in [0.15, 0.2) is 0 Å².